The largest absolute Gasteiger partial charge is 0.394 e. The molecule has 12 atom stereocenters. The molecule has 2 rings (SSSR count). The van der Waals surface area contributed by atoms with Gasteiger partial charge in [-0.2, -0.15) is 0 Å². The molecule has 14 nitrogen and oxygen atoms in total. The predicted octanol–water partition coefficient (Wildman–Crippen LogP) is 5.99. The molecule has 0 aliphatic carbocycles. The van der Waals surface area contributed by atoms with Gasteiger partial charge in [0.2, 0.25) is 5.91 Å². The van der Waals surface area contributed by atoms with E-state index in [-0.39, 0.29) is 18.9 Å². The van der Waals surface area contributed by atoms with Crippen molar-refractivity contribution in [3.8, 4) is 0 Å². The standard InChI is InChI=1S/C48H91NO13/c1-3-5-7-9-11-13-15-17-18-20-22-24-26-28-30-32-40(53)49-36(37(52)31-29-27-25-23-21-19-16-14-12-10-8-6-4-2)35-59-47-45(58)43(56)46(39(34-51)61-47)62-48-44(57)42(55)41(54)38(33-50)60-48/h29,31,36-39,41-48,50-52,54-58H,3-28,30,32-35H2,1-2H3,(H,49,53)/t36?,37?,38-,39-,41+,42+,43-,44-,45-,46+,47-,48-/m1/s1. The van der Waals surface area contributed by atoms with Crippen LogP contribution in [0.5, 0.6) is 0 Å². The average molecular weight is 890 g/mol. The molecule has 2 unspecified atom stereocenters. The molecule has 14 heteroatoms. The molecule has 0 spiro atoms. The first-order valence-electron chi connectivity index (χ1n) is 24.9. The van der Waals surface area contributed by atoms with Crippen LogP contribution in [-0.4, -0.2) is 140 Å². The minimum Gasteiger partial charge on any atom is -0.394 e. The fourth-order valence-electron chi connectivity index (χ4n) is 8.35. The van der Waals surface area contributed by atoms with Gasteiger partial charge in [-0.1, -0.05) is 180 Å². The number of nitrogens with one attached hydrogen (secondary N) is 1. The smallest absolute Gasteiger partial charge is 0.220 e. The van der Waals surface area contributed by atoms with Gasteiger partial charge in [0.1, 0.15) is 48.8 Å². The van der Waals surface area contributed by atoms with Crippen LogP contribution in [0.2, 0.25) is 0 Å². The molecular weight excluding hydrogens is 799 g/mol. The van der Waals surface area contributed by atoms with E-state index in [2.05, 4.69) is 19.2 Å². The summed E-state index contributed by atoms with van der Waals surface area (Å²) in [5, 5.41) is 86.6. The van der Waals surface area contributed by atoms with Gasteiger partial charge in [-0.05, 0) is 19.3 Å². The third kappa shape index (κ3) is 23.3. The molecule has 0 bridgehead atoms. The third-order valence-electron chi connectivity index (χ3n) is 12.5. The zero-order valence-corrected chi connectivity index (χ0v) is 38.6. The first kappa shape index (κ1) is 56.9. The summed E-state index contributed by atoms with van der Waals surface area (Å²) in [5.74, 6) is -0.238. The molecular formula is C48H91NO13. The van der Waals surface area contributed by atoms with Crippen LogP contribution in [0.4, 0.5) is 0 Å². The second kappa shape index (κ2) is 35.9. The van der Waals surface area contributed by atoms with Crippen LogP contribution in [0.15, 0.2) is 12.2 Å². The van der Waals surface area contributed by atoms with Gasteiger partial charge >= 0.3 is 0 Å². The van der Waals surface area contributed by atoms with Crippen LogP contribution >= 0.6 is 0 Å². The number of aliphatic hydroxyl groups excluding tert-OH is 8. The van der Waals surface area contributed by atoms with Gasteiger partial charge in [0.15, 0.2) is 12.6 Å². The molecule has 1 amide bonds. The van der Waals surface area contributed by atoms with Gasteiger partial charge in [-0.25, -0.2) is 0 Å². The van der Waals surface area contributed by atoms with Crippen molar-refractivity contribution >= 4 is 5.91 Å². The Bertz CT molecular complexity index is 1100. The van der Waals surface area contributed by atoms with Crippen molar-refractivity contribution in [2.45, 2.75) is 267 Å². The normalized spacial score (nSPS) is 27.8. The number of hydrogen-bond acceptors (Lipinski definition) is 13. The lowest BCUT2D eigenvalue weighted by Crippen LogP contribution is -2.65. The van der Waals surface area contributed by atoms with Gasteiger partial charge in [-0.3, -0.25) is 4.79 Å². The molecule has 62 heavy (non-hydrogen) atoms. The molecule has 2 saturated heterocycles. The predicted molar refractivity (Wildman–Crippen MR) is 240 cm³/mol. The Morgan fingerprint density at radius 2 is 1.00 bits per heavy atom. The number of amides is 1. The Balaban J connectivity index is 1.86. The fraction of sp³-hybridized carbons (Fsp3) is 0.938. The second-order valence-electron chi connectivity index (χ2n) is 18.0. The first-order chi connectivity index (χ1) is 30.1. The van der Waals surface area contributed by atoms with E-state index in [1.165, 1.54) is 128 Å². The van der Waals surface area contributed by atoms with Crippen LogP contribution in [-0.2, 0) is 23.7 Å². The Morgan fingerprint density at radius 1 is 0.565 bits per heavy atom. The van der Waals surface area contributed by atoms with E-state index in [0.29, 0.717) is 6.42 Å². The maximum atomic E-state index is 13.1. The SMILES string of the molecule is CCCCCCCCCCCCCC=CC(O)C(CO[C@@H]1O[C@H](CO)[C@H](O[C@H]2O[C@H](CO)[C@H](O)[C@H](O)[C@H]2O)[C@H](O)[C@H]1O)NC(=O)CCCCCCCCCCCCCCCCC. The molecule has 0 aromatic heterocycles. The number of unbranched alkanes of at least 4 members (excludes halogenated alkanes) is 25. The van der Waals surface area contributed by atoms with Crippen LogP contribution in [0, 0.1) is 0 Å². The highest BCUT2D eigenvalue weighted by atomic mass is 16.7. The van der Waals surface area contributed by atoms with Gasteiger partial charge in [-0.15, -0.1) is 0 Å². The Kier molecular flexibility index (Phi) is 32.9. The lowest BCUT2D eigenvalue weighted by Gasteiger charge is -2.46. The summed E-state index contributed by atoms with van der Waals surface area (Å²) in [6.45, 7) is 2.78. The zero-order valence-electron chi connectivity index (χ0n) is 38.6. The quantitative estimate of drug-likeness (QED) is 0.0257. The van der Waals surface area contributed by atoms with Gasteiger partial charge in [0, 0.05) is 6.42 Å². The monoisotopic (exact) mass is 890 g/mol. The van der Waals surface area contributed by atoms with Crippen molar-refractivity contribution in [1.82, 2.24) is 5.32 Å². The summed E-state index contributed by atoms with van der Waals surface area (Å²) >= 11 is 0. The number of rotatable bonds is 38. The van der Waals surface area contributed by atoms with Gasteiger partial charge in [0.05, 0.1) is 32.0 Å². The fourth-order valence-corrected chi connectivity index (χ4v) is 8.35. The van der Waals surface area contributed by atoms with Crippen LogP contribution in [0.1, 0.15) is 194 Å². The molecule has 2 aliphatic rings. The molecule has 9 N–H and O–H groups in total. The molecule has 0 aromatic carbocycles. The first-order valence-corrected chi connectivity index (χ1v) is 24.9. The van der Waals surface area contributed by atoms with Crippen molar-refractivity contribution in [3.05, 3.63) is 12.2 Å². The topological polar surface area (TPSA) is 228 Å². The molecule has 0 radical (unpaired) electrons. The van der Waals surface area contributed by atoms with Crippen molar-refractivity contribution < 1.29 is 64.6 Å². The minimum absolute atomic E-state index is 0.238. The van der Waals surface area contributed by atoms with Gasteiger partial charge < -0.3 is 65.1 Å². The van der Waals surface area contributed by atoms with E-state index >= 15 is 0 Å². The van der Waals surface area contributed by atoms with E-state index in [9.17, 15) is 45.6 Å². The lowest BCUT2D eigenvalue weighted by atomic mass is 9.97. The van der Waals surface area contributed by atoms with Crippen LogP contribution in [0.25, 0.3) is 0 Å². The highest BCUT2D eigenvalue weighted by Gasteiger charge is 2.51. The molecule has 0 saturated carbocycles. The number of aliphatic hydroxyl groups is 8. The average Bonchev–Trinajstić information content (AvgIpc) is 3.27. The van der Waals surface area contributed by atoms with Crippen molar-refractivity contribution in [3.63, 3.8) is 0 Å². The minimum atomic E-state index is -1.78. The number of carbonyl (C=O) groups is 1. The summed E-state index contributed by atoms with van der Waals surface area (Å²) in [6, 6.07) is -0.906. The molecule has 2 aliphatic heterocycles. The summed E-state index contributed by atoms with van der Waals surface area (Å²) < 4.78 is 22.7. The van der Waals surface area contributed by atoms with Crippen LogP contribution in [0.3, 0.4) is 0 Å². The van der Waals surface area contributed by atoms with E-state index < -0.39 is 86.8 Å². The lowest BCUT2D eigenvalue weighted by molar-refractivity contribution is -0.359. The molecule has 2 fully saturated rings. The number of ether oxygens (including phenoxy) is 4. The highest BCUT2D eigenvalue weighted by Crippen LogP contribution is 2.30. The highest BCUT2D eigenvalue weighted by molar-refractivity contribution is 5.76. The molecule has 366 valence electrons. The second-order valence-corrected chi connectivity index (χ2v) is 18.0. The van der Waals surface area contributed by atoms with Crippen molar-refractivity contribution in [2.75, 3.05) is 19.8 Å². The van der Waals surface area contributed by atoms with Crippen molar-refractivity contribution in [1.29, 1.82) is 0 Å². The summed E-state index contributed by atoms with van der Waals surface area (Å²) in [4.78, 5) is 13.1. The number of carbonyl (C=O) groups excluding carboxylic acids is 1. The summed E-state index contributed by atoms with van der Waals surface area (Å²) in [7, 11) is 0. The number of hydrogen-bond donors (Lipinski definition) is 9. The van der Waals surface area contributed by atoms with E-state index in [4.69, 9.17) is 18.9 Å². The Labute approximate surface area is 374 Å². The summed E-state index contributed by atoms with van der Waals surface area (Å²) in [5.41, 5.74) is 0. The summed E-state index contributed by atoms with van der Waals surface area (Å²) in [6.07, 6.45) is 19.6. The third-order valence-corrected chi connectivity index (χ3v) is 12.5. The maximum absolute atomic E-state index is 13.1. The Morgan fingerprint density at radius 3 is 1.48 bits per heavy atom. The van der Waals surface area contributed by atoms with Crippen molar-refractivity contribution in [2.24, 2.45) is 0 Å². The molecule has 0 aromatic rings. The van der Waals surface area contributed by atoms with E-state index in [1.807, 2.05) is 6.08 Å². The van der Waals surface area contributed by atoms with E-state index in [1.54, 1.807) is 6.08 Å². The maximum Gasteiger partial charge on any atom is 0.220 e. The Hall–Kier alpha value is -1.27. The van der Waals surface area contributed by atoms with Crippen LogP contribution < -0.4 is 5.32 Å². The number of allylic oxidation sites excluding steroid dienone is 1. The molecule has 2 heterocycles. The van der Waals surface area contributed by atoms with E-state index in [0.717, 1.165) is 38.5 Å². The zero-order chi connectivity index (χ0) is 45.4. The van der Waals surface area contributed by atoms with Gasteiger partial charge in [0.25, 0.3) is 0 Å².